The lowest BCUT2D eigenvalue weighted by Gasteiger charge is -2.04. The third-order valence-corrected chi connectivity index (χ3v) is 3.61. The van der Waals surface area contributed by atoms with Gasteiger partial charge in [-0.15, -0.1) is 11.8 Å². The van der Waals surface area contributed by atoms with E-state index in [1.807, 2.05) is 17.8 Å². The van der Waals surface area contributed by atoms with E-state index in [0.717, 1.165) is 15.8 Å². The van der Waals surface area contributed by atoms with Gasteiger partial charge in [0.05, 0.1) is 6.61 Å². The Morgan fingerprint density at radius 2 is 2.23 bits per heavy atom. The summed E-state index contributed by atoms with van der Waals surface area (Å²) in [7, 11) is 0. The van der Waals surface area contributed by atoms with Gasteiger partial charge in [0.15, 0.2) is 0 Å². The number of thioether (sulfide) groups is 1. The minimum absolute atomic E-state index is 0.0965. The number of halogens is 1. The predicted octanol–water partition coefficient (Wildman–Crippen LogP) is 3.44. The maximum Gasteiger partial charge on any atom is 0.0692 e. The molecule has 13 heavy (non-hydrogen) atoms. The van der Waals surface area contributed by atoms with Crippen LogP contribution in [-0.4, -0.2) is 10.9 Å². The first-order chi connectivity index (χ1) is 6.27. The first-order valence-electron chi connectivity index (χ1n) is 4.30. The van der Waals surface area contributed by atoms with Crippen LogP contribution >= 0.6 is 27.7 Å². The van der Waals surface area contributed by atoms with Crippen molar-refractivity contribution in [2.75, 3.05) is 5.75 Å². The molecule has 72 valence electrons. The lowest BCUT2D eigenvalue weighted by Crippen LogP contribution is -1.85. The van der Waals surface area contributed by atoms with Gasteiger partial charge < -0.3 is 5.11 Å². The molecule has 0 amide bonds. The SMILES string of the molecule is CCCSc1ccc(CO)c(Br)c1. The van der Waals surface area contributed by atoms with Crippen LogP contribution in [0, 0.1) is 0 Å². The fourth-order valence-electron chi connectivity index (χ4n) is 0.966. The summed E-state index contributed by atoms with van der Waals surface area (Å²) in [5.74, 6) is 1.14. The quantitative estimate of drug-likeness (QED) is 0.838. The van der Waals surface area contributed by atoms with Gasteiger partial charge in [0.1, 0.15) is 0 Å². The molecule has 0 aliphatic heterocycles. The van der Waals surface area contributed by atoms with E-state index < -0.39 is 0 Å². The zero-order valence-electron chi connectivity index (χ0n) is 7.59. The smallest absolute Gasteiger partial charge is 0.0692 e. The summed E-state index contributed by atoms with van der Waals surface area (Å²) < 4.78 is 0.996. The largest absolute Gasteiger partial charge is 0.392 e. The van der Waals surface area contributed by atoms with E-state index in [1.165, 1.54) is 11.3 Å². The molecule has 0 saturated heterocycles. The zero-order chi connectivity index (χ0) is 9.68. The number of benzene rings is 1. The Labute approximate surface area is 91.7 Å². The normalized spacial score (nSPS) is 10.4. The van der Waals surface area contributed by atoms with E-state index in [4.69, 9.17) is 5.11 Å². The second-order valence-electron chi connectivity index (χ2n) is 2.76. The van der Waals surface area contributed by atoms with Crippen molar-refractivity contribution in [3.8, 4) is 0 Å². The number of hydrogen-bond acceptors (Lipinski definition) is 2. The van der Waals surface area contributed by atoms with Crippen LogP contribution in [0.5, 0.6) is 0 Å². The average molecular weight is 261 g/mol. The highest BCUT2D eigenvalue weighted by molar-refractivity contribution is 9.10. The Bertz CT molecular complexity index is 276. The molecule has 0 aromatic heterocycles. The highest BCUT2D eigenvalue weighted by atomic mass is 79.9. The highest BCUT2D eigenvalue weighted by Crippen LogP contribution is 2.25. The minimum atomic E-state index is 0.0965. The van der Waals surface area contributed by atoms with Gasteiger partial charge in [-0.25, -0.2) is 0 Å². The van der Waals surface area contributed by atoms with Crippen LogP contribution in [0.15, 0.2) is 27.6 Å². The molecule has 0 aliphatic carbocycles. The van der Waals surface area contributed by atoms with Crippen molar-refractivity contribution in [1.29, 1.82) is 0 Å². The summed E-state index contributed by atoms with van der Waals surface area (Å²) in [6.45, 7) is 2.27. The standard InChI is InChI=1S/C10H13BrOS/c1-2-5-13-9-4-3-8(7-12)10(11)6-9/h3-4,6,12H,2,5,7H2,1H3. The molecule has 3 heteroatoms. The first kappa shape index (κ1) is 11.1. The van der Waals surface area contributed by atoms with E-state index >= 15 is 0 Å². The van der Waals surface area contributed by atoms with Crippen LogP contribution < -0.4 is 0 Å². The van der Waals surface area contributed by atoms with Crippen LogP contribution in [0.25, 0.3) is 0 Å². The van der Waals surface area contributed by atoms with Gasteiger partial charge in [-0.05, 0) is 29.9 Å². The van der Waals surface area contributed by atoms with Gasteiger partial charge in [0.2, 0.25) is 0 Å². The van der Waals surface area contributed by atoms with Crippen molar-refractivity contribution >= 4 is 27.7 Å². The van der Waals surface area contributed by atoms with E-state index in [2.05, 4.69) is 35.0 Å². The van der Waals surface area contributed by atoms with Gasteiger partial charge in [-0.2, -0.15) is 0 Å². The van der Waals surface area contributed by atoms with Crippen LogP contribution in [-0.2, 0) is 6.61 Å². The molecule has 0 bridgehead atoms. The molecule has 0 spiro atoms. The number of aliphatic hydroxyl groups excluding tert-OH is 1. The topological polar surface area (TPSA) is 20.2 Å². The summed E-state index contributed by atoms with van der Waals surface area (Å²) in [4.78, 5) is 1.26. The number of aliphatic hydroxyl groups is 1. The van der Waals surface area contributed by atoms with Crippen molar-refractivity contribution in [2.45, 2.75) is 24.8 Å². The van der Waals surface area contributed by atoms with E-state index in [-0.39, 0.29) is 6.61 Å². The lowest BCUT2D eigenvalue weighted by atomic mass is 10.2. The zero-order valence-corrected chi connectivity index (χ0v) is 9.99. The molecule has 0 radical (unpaired) electrons. The molecule has 1 nitrogen and oxygen atoms in total. The maximum atomic E-state index is 8.95. The molecule has 1 N–H and O–H groups in total. The van der Waals surface area contributed by atoms with Crippen LogP contribution in [0.1, 0.15) is 18.9 Å². The van der Waals surface area contributed by atoms with Gasteiger partial charge in [0, 0.05) is 9.37 Å². The van der Waals surface area contributed by atoms with Gasteiger partial charge >= 0.3 is 0 Å². The molecule has 0 heterocycles. The molecule has 1 aromatic carbocycles. The summed E-state index contributed by atoms with van der Waals surface area (Å²) >= 11 is 5.27. The summed E-state index contributed by atoms with van der Waals surface area (Å²) in [6.07, 6.45) is 1.18. The Morgan fingerprint density at radius 3 is 2.77 bits per heavy atom. The second-order valence-corrected chi connectivity index (χ2v) is 4.78. The fourth-order valence-corrected chi connectivity index (χ4v) is 2.43. The third-order valence-electron chi connectivity index (χ3n) is 1.67. The molecule has 0 aliphatic rings. The van der Waals surface area contributed by atoms with E-state index in [9.17, 15) is 0 Å². The Morgan fingerprint density at radius 1 is 1.46 bits per heavy atom. The van der Waals surface area contributed by atoms with Crippen LogP contribution in [0.4, 0.5) is 0 Å². The molecule has 1 aromatic rings. The Hall–Kier alpha value is 0.01000. The molecule has 0 unspecified atom stereocenters. The van der Waals surface area contributed by atoms with Crippen molar-refractivity contribution < 1.29 is 5.11 Å². The van der Waals surface area contributed by atoms with E-state index in [0.29, 0.717) is 0 Å². The van der Waals surface area contributed by atoms with Crippen LogP contribution in [0.3, 0.4) is 0 Å². The lowest BCUT2D eigenvalue weighted by molar-refractivity contribution is 0.281. The third kappa shape index (κ3) is 3.33. The summed E-state index contributed by atoms with van der Waals surface area (Å²) in [6, 6.07) is 6.07. The van der Waals surface area contributed by atoms with Crippen molar-refractivity contribution in [3.63, 3.8) is 0 Å². The van der Waals surface area contributed by atoms with Crippen LogP contribution in [0.2, 0.25) is 0 Å². The summed E-state index contributed by atoms with van der Waals surface area (Å²) in [5.41, 5.74) is 0.945. The predicted molar refractivity (Wildman–Crippen MR) is 61.1 cm³/mol. The average Bonchev–Trinajstić information content (AvgIpc) is 2.15. The van der Waals surface area contributed by atoms with Gasteiger partial charge in [-0.3, -0.25) is 0 Å². The minimum Gasteiger partial charge on any atom is -0.392 e. The molecule has 0 saturated carbocycles. The maximum absolute atomic E-state index is 8.95. The number of hydrogen-bond donors (Lipinski definition) is 1. The highest BCUT2D eigenvalue weighted by Gasteiger charge is 1.99. The van der Waals surface area contributed by atoms with E-state index in [1.54, 1.807) is 0 Å². The fraction of sp³-hybridized carbons (Fsp3) is 0.400. The molecular weight excluding hydrogens is 248 g/mol. The molecule has 0 fully saturated rings. The van der Waals surface area contributed by atoms with Gasteiger partial charge in [0.25, 0.3) is 0 Å². The Kier molecular flexibility index (Phi) is 4.84. The number of rotatable bonds is 4. The monoisotopic (exact) mass is 260 g/mol. The van der Waals surface area contributed by atoms with Crippen molar-refractivity contribution in [2.24, 2.45) is 0 Å². The molecular formula is C10H13BrOS. The van der Waals surface area contributed by atoms with Crippen molar-refractivity contribution in [3.05, 3.63) is 28.2 Å². The second kappa shape index (κ2) is 5.68. The van der Waals surface area contributed by atoms with Crippen molar-refractivity contribution in [1.82, 2.24) is 0 Å². The Balaban J connectivity index is 2.71. The first-order valence-corrected chi connectivity index (χ1v) is 6.08. The molecule has 0 atom stereocenters. The van der Waals surface area contributed by atoms with Gasteiger partial charge in [-0.1, -0.05) is 28.9 Å². The molecule has 1 rings (SSSR count). The summed E-state index contributed by atoms with van der Waals surface area (Å²) in [5, 5.41) is 8.95.